The number of aliphatic imine (C=N–C) groups is 1. The van der Waals surface area contributed by atoms with E-state index in [9.17, 15) is 133 Å². The molecule has 12 rings (SSSR count). The van der Waals surface area contributed by atoms with Crippen LogP contribution in [0.15, 0.2) is 164 Å². The van der Waals surface area contributed by atoms with Crippen molar-refractivity contribution in [3.05, 3.63) is 164 Å². The van der Waals surface area contributed by atoms with Crippen molar-refractivity contribution in [3.63, 3.8) is 0 Å². The van der Waals surface area contributed by atoms with E-state index >= 15 is 0 Å². The van der Waals surface area contributed by atoms with Crippen molar-refractivity contribution in [3.8, 4) is 5.88 Å². The second-order valence-corrected chi connectivity index (χ2v) is 30.7. The van der Waals surface area contributed by atoms with Crippen molar-refractivity contribution in [1.82, 2.24) is 4.98 Å². The summed E-state index contributed by atoms with van der Waals surface area (Å²) in [5.74, 6) is -4.97. The third kappa shape index (κ3) is 17.5. The predicted molar refractivity (Wildman–Crippen MR) is 300 cm³/mol. The first kappa shape index (κ1) is 86.9. The molecular formula is C50H28K5N4O30S8+. The molecule has 8 N–H and O–H groups in total. The number of Topliss-reactive ketones (excluding diaryl/α,β-unsaturated/α-hetero) is 5. The third-order valence-corrected chi connectivity index (χ3v) is 21.0. The van der Waals surface area contributed by atoms with E-state index in [0.717, 1.165) is 6.07 Å². The van der Waals surface area contributed by atoms with Crippen LogP contribution in [0, 0.1) is 0 Å². The Morgan fingerprint density at radius 1 is 0.392 bits per heavy atom. The van der Waals surface area contributed by atoms with Gasteiger partial charge in [-0.1, -0.05) is 18.2 Å². The molecule has 34 nitrogen and oxygen atoms in total. The first-order chi connectivity index (χ1) is 42.2. The van der Waals surface area contributed by atoms with Gasteiger partial charge in [0.05, 0.1) is 69.0 Å². The van der Waals surface area contributed by atoms with Crippen LogP contribution in [0.3, 0.4) is 0 Å². The van der Waals surface area contributed by atoms with Gasteiger partial charge < -0.3 is 38.9 Å². The fraction of sp³-hybridized carbons (Fsp3) is 0.0400. The zero-order valence-electron chi connectivity index (χ0n) is 49.3. The number of hydrogen-bond donors (Lipinski definition) is 8. The van der Waals surface area contributed by atoms with E-state index in [0.29, 0.717) is 47.1 Å². The molecule has 47 heteroatoms. The van der Waals surface area contributed by atoms with E-state index < -0.39 is 202 Å². The number of aromatic nitrogens is 1. The van der Waals surface area contributed by atoms with Crippen molar-refractivity contribution < 1.29 is 390 Å². The minimum atomic E-state index is -5.44. The molecule has 2 aliphatic carbocycles. The Morgan fingerprint density at radius 2 is 0.814 bits per heavy atom. The molecule has 0 atom stereocenters. The van der Waals surface area contributed by atoms with Gasteiger partial charge in [0.25, 0.3) is 40.5 Å². The van der Waals surface area contributed by atoms with Gasteiger partial charge in [-0.05, 0) is 90.0 Å². The smallest absolute Gasteiger partial charge is 0.744 e. The number of hydrogen-bond acceptors (Lipinski definition) is 29. The number of aromatic amines is 1. The molecule has 480 valence electrons. The summed E-state index contributed by atoms with van der Waals surface area (Å²) in [5.41, 5.74) is -4.83. The molecule has 7 aromatic rings. The van der Waals surface area contributed by atoms with Crippen molar-refractivity contribution in [2.75, 3.05) is 10.6 Å². The summed E-state index contributed by atoms with van der Waals surface area (Å²) in [7, 11) is -40.8. The quantitative estimate of drug-likeness (QED) is 0.0378. The first-order valence-electron chi connectivity index (χ1n) is 24.3. The number of ketones is 5. The Morgan fingerprint density at radius 3 is 1.25 bits per heavy atom. The average molecular weight is 1620 g/mol. The van der Waals surface area contributed by atoms with E-state index in [1.807, 2.05) is 0 Å². The zero-order chi connectivity index (χ0) is 68.0. The van der Waals surface area contributed by atoms with Crippen LogP contribution < -0.4 is 268 Å². The summed E-state index contributed by atoms with van der Waals surface area (Å²) in [6.45, 7) is 0. The third-order valence-electron chi connectivity index (χ3n) is 14.1. The van der Waals surface area contributed by atoms with Gasteiger partial charge in [0.2, 0.25) is 17.3 Å². The molecule has 6 aromatic carbocycles. The Hall–Kier alpha value is -0.778. The van der Waals surface area contributed by atoms with Crippen LogP contribution in [0.2, 0.25) is 0 Å². The average Bonchev–Trinajstić information content (AvgIpc) is 1.61. The number of anilines is 2. The van der Waals surface area contributed by atoms with Crippen LogP contribution in [-0.4, -0.2) is 148 Å². The van der Waals surface area contributed by atoms with Crippen LogP contribution in [0.1, 0.15) is 68.5 Å². The van der Waals surface area contributed by atoms with Crippen LogP contribution in [0.5, 0.6) is 5.88 Å². The monoisotopic (exact) mass is 1610 g/mol. The van der Waals surface area contributed by atoms with Crippen molar-refractivity contribution >= 4 is 144 Å². The van der Waals surface area contributed by atoms with Gasteiger partial charge in [-0.15, -0.1) is 0 Å². The summed E-state index contributed by atoms with van der Waals surface area (Å²) in [6, 6.07) is 16.5. The van der Waals surface area contributed by atoms with E-state index in [1.165, 1.54) is 30.3 Å². The van der Waals surface area contributed by atoms with E-state index in [-0.39, 0.29) is 313 Å². The Labute approximate surface area is 760 Å². The number of carbonyl (C=O) groups excluding carboxylic acids is 5. The number of rotatable bonds is 9. The van der Waals surface area contributed by atoms with Crippen LogP contribution in [0.25, 0.3) is 10.9 Å². The fourth-order valence-corrected chi connectivity index (χ4v) is 15.3. The number of nitrogens with one attached hydrogen (secondary N) is 3. The van der Waals surface area contributed by atoms with E-state index in [1.54, 1.807) is 24.3 Å². The molecule has 0 saturated carbocycles. The number of H-pyrrole nitrogens is 1. The van der Waals surface area contributed by atoms with Gasteiger partial charge in [0.15, 0.2) is 17.4 Å². The molecule has 0 radical (unpaired) electrons. The number of allylic oxidation sites excluding steroid dienone is 4. The van der Waals surface area contributed by atoms with Crippen molar-refractivity contribution in [1.29, 1.82) is 0 Å². The van der Waals surface area contributed by atoms with Crippen molar-refractivity contribution in [2.24, 2.45) is 4.99 Å². The molecule has 3 aliphatic heterocycles. The summed E-state index contributed by atoms with van der Waals surface area (Å²) >= 11 is 0. The topological polar surface area (TPSA) is 604 Å². The van der Waals surface area contributed by atoms with Gasteiger partial charge in [-0.3, -0.25) is 42.2 Å². The van der Waals surface area contributed by atoms with Crippen LogP contribution in [0.4, 0.5) is 17.1 Å². The van der Waals surface area contributed by atoms with Crippen LogP contribution in [-0.2, 0) is 93.8 Å². The molecule has 97 heavy (non-hydrogen) atoms. The van der Waals surface area contributed by atoms with Gasteiger partial charge in [-0.25, -0.2) is 38.7 Å². The standard InChI is InChI=1S/C17H11NO14S4.C17H11NO11S3.C16H10N2O5S.5K/c19-16-9-1-6(33(21,22)23)3-12(35(27,28)29)8(9)5-11(16)15-17(20)10-2-7(34(24,25)26)4-13(14(10)18-15)36(30,31)32;19-16-10-4-7(30(21,22)23)5-13(32(27,28)29)9(10)6-11(16)15-17(20)8-2-1-3-12(14(8)18-15)31(24,25)26;19-15-9-3-1-2-4-11(9)17-14(15)13-10-7-8(24(21,22)23)5-6-12(10)18-16(13)20;;;;;/h1-4,18H,5H2,(H,21,22,23)(H,24,25,26)(H,27,28,29)(H,30,31,32);1-5,18H,6H2,(H,21,22,23)(H,24,25,26)(H,27,28,29);1-7,18,20H,(H,21,22,23);;;;;/q;;;5*+1/p-4/b2*15-11-;;;;;;. The number of aromatic hydroxyl groups is 1. The SMILES string of the molecule is O=C1/C(=C2\Nc3c(cc(S(=O)(=O)O)cc3S(=O)(=O)O)C2=O)Cc2c1cc(S(=O)(=O)[O-])cc2S(=O)(=O)[O-].O=C1/C(=C2\Nc3c(cccc3S(=O)(=O)O)C2=O)Cc2c1cc(S(=O)(=O)[O-])cc2S(=O)(=O)[O-].O=C1C(c2c(O)[nH]c3ccc(S(=O)(=O)O)cc23)=Nc2ccccc21.[K+].[K+].[K+].[K+].[K+]. The summed E-state index contributed by atoms with van der Waals surface area (Å²) in [6.07, 6.45) is -1.36. The fourth-order valence-electron chi connectivity index (χ4n) is 10.1. The molecule has 4 heterocycles. The number of nitrogens with zero attached hydrogens (tertiary/aromatic N) is 1. The maximum Gasteiger partial charge on any atom is 1.00 e. The van der Waals surface area contributed by atoms with Gasteiger partial charge >= 0.3 is 257 Å². The summed E-state index contributed by atoms with van der Waals surface area (Å²) in [4.78, 5) is 63.3. The minimum Gasteiger partial charge on any atom is -0.744 e. The van der Waals surface area contributed by atoms with Crippen LogP contribution >= 0.6 is 0 Å². The van der Waals surface area contributed by atoms with Gasteiger partial charge in [0, 0.05) is 57.1 Å². The van der Waals surface area contributed by atoms with Crippen molar-refractivity contribution in [2.45, 2.75) is 52.0 Å². The van der Waals surface area contributed by atoms with Gasteiger partial charge in [0.1, 0.15) is 56.0 Å². The molecule has 1 aromatic heterocycles. The molecular weight excluding hydrogens is 1590 g/mol. The predicted octanol–water partition coefficient (Wildman–Crippen LogP) is -13.2. The number of benzene rings is 6. The maximum absolute atomic E-state index is 13.0. The second kappa shape index (κ2) is 31.0. The largest absolute Gasteiger partial charge is 1.00 e. The minimum absolute atomic E-state index is 0. The molecule has 0 bridgehead atoms. The molecule has 0 spiro atoms. The second-order valence-electron chi connectivity index (χ2n) is 19.6. The number of para-hydroxylation sites is 2. The molecule has 0 amide bonds. The zero-order valence-corrected chi connectivity index (χ0v) is 71.5. The Balaban J connectivity index is 0.000000261. The number of fused-ring (bicyclic) bond motifs is 6. The number of carbonyl (C=O) groups is 5. The molecule has 0 fully saturated rings. The van der Waals surface area contributed by atoms with E-state index in [2.05, 4.69) is 20.6 Å². The van der Waals surface area contributed by atoms with Gasteiger partial charge in [-0.2, -0.15) is 33.7 Å². The Kier molecular flexibility index (Phi) is 27.7. The Bertz CT molecular complexity index is 5680. The normalized spacial score (nSPS) is 16.3. The first-order valence-corrected chi connectivity index (χ1v) is 35.7. The molecule has 0 saturated heterocycles. The maximum atomic E-state index is 13.0. The molecule has 0 unspecified atom stereocenters. The molecule has 5 aliphatic rings. The summed E-state index contributed by atoms with van der Waals surface area (Å²) < 4.78 is 268. The van der Waals surface area contributed by atoms with E-state index in [4.69, 9.17) is 0 Å². The summed E-state index contributed by atoms with van der Waals surface area (Å²) in [5, 5.41) is 15.1.